The molecule has 0 fully saturated rings. The molecule has 1 atom stereocenters. The number of hydrogen-bond acceptors (Lipinski definition) is 9. The normalized spacial score (nSPS) is 11.6. The second-order valence-electron chi connectivity index (χ2n) is 8.36. The Balaban J connectivity index is 1.77. The number of rotatable bonds is 11. The Hall–Kier alpha value is -3.42. The summed E-state index contributed by atoms with van der Waals surface area (Å²) in [5, 5.41) is 11.9. The van der Waals surface area contributed by atoms with Crippen LogP contribution >= 0.6 is 34.7 Å². The molecule has 0 aliphatic carbocycles. The first-order valence-corrected chi connectivity index (χ1v) is 13.7. The lowest BCUT2D eigenvalue weighted by Crippen LogP contribution is -2.21. The van der Waals surface area contributed by atoms with Crippen LogP contribution in [0.15, 0.2) is 36.0 Å². The number of thiophene rings is 1. The van der Waals surface area contributed by atoms with E-state index < -0.39 is 23.8 Å². The van der Waals surface area contributed by atoms with Gasteiger partial charge in [0.2, 0.25) is 5.91 Å². The van der Waals surface area contributed by atoms with Crippen LogP contribution in [0.2, 0.25) is 5.02 Å². The van der Waals surface area contributed by atoms with Crippen molar-refractivity contribution in [3.63, 3.8) is 0 Å². The molecule has 3 rings (SSSR count). The summed E-state index contributed by atoms with van der Waals surface area (Å²) < 4.78 is 25.8. The van der Waals surface area contributed by atoms with Crippen LogP contribution in [-0.2, 0) is 16.1 Å². The van der Waals surface area contributed by atoms with Crippen LogP contribution < -0.4 is 10.1 Å². The van der Waals surface area contributed by atoms with Gasteiger partial charge in [0, 0.05) is 20.6 Å². The number of methoxy groups -OCH3 is 1. The zero-order valence-electron chi connectivity index (χ0n) is 21.9. The van der Waals surface area contributed by atoms with Crippen LogP contribution in [0, 0.1) is 12.7 Å². The number of esters is 1. The minimum Gasteiger partial charge on any atom is -0.481 e. The van der Waals surface area contributed by atoms with E-state index in [1.807, 2.05) is 0 Å². The van der Waals surface area contributed by atoms with Crippen molar-refractivity contribution in [3.8, 4) is 5.75 Å². The molecule has 1 aromatic carbocycles. The average Bonchev–Trinajstić information content (AvgIpc) is 3.43. The van der Waals surface area contributed by atoms with Crippen LogP contribution in [0.3, 0.4) is 0 Å². The van der Waals surface area contributed by atoms with Gasteiger partial charge in [-0.25, -0.2) is 9.18 Å². The number of carbonyl (C=O) groups is 3. The molecule has 0 bridgehead atoms. The molecule has 14 heteroatoms. The molecule has 10 nitrogen and oxygen atoms in total. The fraction of sp³-hybridized carbons (Fsp3) is 0.320. The molecule has 2 amide bonds. The molecular weight excluding hydrogens is 569 g/mol. The number of nitrogens with one attached hydrogen (secondary N) is 1. The Morgan fingerprint density at radius 3 is 2.67 bits per heavy atom. The second-order valence-corrected chi connectivity index (χ2v) is 10.7. The van der Waals surface area contributed by atoms with Gasteiger partial charge in [0.15, 0.2) is 17.1 Å². The van der Waals surface area contributed by atoms with Gasteiger partial charge < -0.3 is 19.7 Å². The molecule has 1 unspecified atom stereocenters. The Morgan fingerprint density at radius 1 is 1.33 bits per heavy atom. The lowest BCUT2D eigenvalue weighted by molar-refractivity contribution is -0.113. The van der Waals surface area contributed by atoms with Gasteiger partial charge in [-0.05, 0) is 37.6 Å². The Kier molecular flexibility index (Phi) is 10.1. The molecule has 0 saturated heterocycles. The standard InChI is InChI=1S/C25H27ClFN5O5S2/c1-7-10-32-21(14(3)37-17-9-8-15(27)11-16(17)26)29-30-25(32)38-12-18(33)28-22-19(24(35)36-6)13(2)20(39-22)23(34)31(4)5/h7-9,11,14H,1,10,12H2,2-6H3,(H,28,33). The molecule has 0 aliphatic heterocycles. The zero-order chi connectivity index (χ0) is 28.9. The molecule has 1 N–H and O–H groups in total. The maximum Gasteiger partial charge on any atom is 0.341 e. The lowest BCUT2D eigenvalue weighted by atomic mass is 10.1. The van der Waals surface area contributed by atoms with Crippen molar-refractivity contribution >= 4 is 57.5 Å². The number of carbonyl (C=O) groups excluding carboxylic acids is 3. The Bertz CT molecular complexity index is 1410. The van der Waals surface area contributed by atoms with Gasteiger partial charge in [0.25, 0.3) is 5.91 Å². The van der Waals surface area contributed by atoms with Crippen LogP contribution in [0.5, 0.6) is 5.75 Å². The van der Waals surface area contributed by atoms with Crippen LogP contribution in [0.25, 0.3) is 0 Å². The fourth-order valence-electron chi connectivity index (χ4n) is 3.47. The first kappa shape index (κ1) is 30.1. The summed E-state index contributed by atoms with van der Waals surface area (Å²) >= 11 is 8.21. The third-order valence-corrected chi connectivity index (χ3v) is 7.80. The maximum atomic E-state index is 13.4. The van der Waals surface area contributed by atoms with E-state index in [0.717, 1.165) is 29.2 Å². The summed E-state index contributed by atoms with van der Waals surface area (Å²) in [7, 11) is 4.43. The molecule has 39 heavy (non-hydrogen) atoms. The Labute approximate surface area is 238 Å². The number of allylic oxidation sites excluding steroid dienone is 1. The Morgan fingerprint density at radius 2 is 2.05 bits per heavy atom. The first-order valence-electron chi connectivity index (χ1n) is 11.5. The summed E-state index contributed by atoms with van der Waals surface area (Å²) in [5.74, 6) is -1.19. The van der Waals surface area contributed by atoms with Gasteiger partial charge in [-0.15, -0.1) is 28.1 Å². The summed E-state index contributed by atoms with van der Waals surface area (Å²) in [4.78, 5) is 39.5. The summed E-state index contributed by atoms with van der Waals surface area (Å²) in [6.45, 7) is 7.47. The molecule has 0 radical (unpaired) electrons. The fourth-order valence-corrected chi connectivity index (χ4v) is 5.67. The third kappa shape index (κ3) is 6.97. The lowest BCUT2D eigenvalue weighted by Gasteiger charge is -2.16. The highest BCUT2D eigenvalue weighted by molar-refractivity contribution is 7.99. The van der Waals surface area contributed by atoms with Gasteiger partial charge in [0.1, 0.15) is 16.6 Å². The first-order chi connectivity index (χ1) is 18.5. The van der Waals surface area contributed by atoms with Crippen LogP contribution in [0.4, 0.5) is 9.39 Å². The van der Waals surface area contributed by atoms with Crippen LogP contribution in [-0.4, -0.2) is 64.4 Å². The van der Waals surface area contributed by atoms with Crippen molar-refractivity contribution in [1.82, 2.24) is 19.7 Å². The van der Waals surface area contributed by atoms with E-state index in [1.54, 1.807) is 38.6 Å². The number of benzene rings is 1. The third-order valence-electron chi connectivity index (χ3n) is 5.34. The number of halogens is 2. The van der Waals surface area contributed by atoms with Crippen molar-refractivity contribution < 1.29 is 28.2 Å². The van der Waals surface area contributed by atoms with Gasteiger partial charge in [-0.2, -0.15) is 0 Å². The second kappa shape index (κ2) is 13.1. The van der Waals surface area contributed by atoms with E-state index in [4.69, 9.17) is 21.1 Å². The highest BCUT2D eigenvalue weighted by Gasteiger charge is 2.27. The highest BCUT2D eigenvalue weighted by atomic mass is 35.5. The van der Waals surface area contributed by atoms with Crippen molar-refractivity contribution in [1.29, 1.82) is 0 Å². The van der Waals surface area contributed by atoms with E-state index in [-0.39, 0.29) is 33.0 Å². The van der Waals surface area contributed by atoms with Crippen molar-refractivity contribution in [2.45, 2.75) is 31.7 Å². The molecule has 2 aromatic heterocycles. The molecule has 0 aliphatic rings. The molecule has 0 saturated carbocycles. The van der Waals surface area contributed by atoms with E-state index in [2.05, 4.69) is 22.1 Å². The number of nitrogens with zero attached hydrogens (tertiary/aromatic N) is 4. The number of anilines is 1. The molecule has 3 aromatic rings. The largest absolute Gasteiger partial charge is 0.481 e. The van der Waals surface area contributed by atoms with Gasteiger partial charge in [-0.1, -0.05) is 29.4 Å². The number of amides is 2. The van der Waals surface area contributed by atoms with Gasteiger partial charge in [-0.3, -0.25) is 14.2 Å². The van der Waals surface area contributed by atoms with E-state index >= 15 is 0 Å². The summed E-state index contributed by atoms with van der Waals surface area (Å²) in [6.07, 6.45) is 1.04. The van der Waals surface area contributed by atoms with Gasteiger partial charge >= 0.3 is 5.97 Å². The molecule has 208 valence electrons. The number of thioether (sulfide) groups is 1. The van der Waals surface area contributed by atoms with Crippen molar-refractivity contribution in [2.75, 3.05) is 32.3 Å². The molecule has 0 spiro atoms. The smallest absolute Gasteiger partial charge is 0.341 e. The minimum absolute atomic E-state index is 0.0666. The number of ether oxygens (including phenoxy) is 2. The quantitative estimate of drug-likeness (QED) is 0.187. The van der Waals surface area contributed by atoms with E-state index in [1.165, 1.54) is 24.1 Å². The highest BCUT2D eigenvalue weighted by Crippen LogP contribution is 2.35. The van der Waals surface area contributed by atoms with Crippen LogP contribution in [0.1, 0.15) is 44.4 Å². The van der Waals surface area contributed by atoms with Crippen molar-refractivity contribution in [2.24, 2.45) is 0 Å². The van der Waals surface area contributed by atoms with E-state index in [9.17, 15) is 18.8 Å². The monoisotopic (exact) mass is 595 g/mol. The van der Waals surface area contributed by atoms with Gasteiger partial charge in [0.05, 0.1) is 28.3 Å². The minimum atomic E-state index is -0.657. The predicted octanol–water partition coefficient (Wildman–Crippen LogP) is 4.99. The number of aromatic nitrogens is 3. The average molecular weight is 596 g/mol. The topological polar surface area (TPSA) is 116 Å². The SMILES string of the molecule is C=CCn1c(SCC(=O)Nc2sc(C(=O)N(C)C)c(C)c2C(=O)OC)nnc1C(C)Oc1ccc(F)cc1Cl. The summed E-state index contributed by atoms with van der Waals surface area (Å²) in [5.41, 5.74) is 0.563. The summed E-state index contributed by atoms with van der Waals surface area (Å²) in [6, 6.07) is 3.81. The van der Waals surface area contributed by atoms with E-state index in [0.29, 0.717) is 28.0 Å². The van der Waals surface area contributed by atoms with Crippen molar-refractivity contribution in [3.05, 3.63) is 63.5 Å². The molecule has 2 heterocycles. The predicted molar refractivity (Wildman–Crippen MR) is 148 cm³/mol. The number of hydrogen-bond donors (Lipinski definition) is 1. The molecular formula is C25H27ClFN5O5S2. The maximum absolute atomic E-state index is 13.4. The zero-order valence-corrected chi connectivity index (χ0v) is 24.3.